The minimum Gasteiger partial charge on any atom is -0.467 e. The van der Waals surface area contributed by atoms with Crippen molar-refractivity contribution in [3.63, 3.8) is 0 Å². The van der Waals surface area contributed by atoms with Crippen molar-refractivity contribution in [3.8, 4) is 11.3 Å². The van der Waals surface area contributed by atoms with Gasteiger partial charge in [-0.1, -0.05) is 20.3 Å². The molecule has 24 heavy (non-hydrogen) atoms. The van der Waals surface area contributed by atoms with E-state index in [0.717, 1.165) is 12.1 Å². The summed E-state index contributed by atoms with van der Waals surface area (Å²) in [5.74, 6) is -0.825. The molecule has 1 heterocycles. The Morgan fingerprint density at radius 3 is 2.67 bits per heavy atom. The van der Waals surface area contributed by atoms with E-state index in [9.17, 15) is 9.59 Å². The van der Waals surface area contributed by atoms with Crippen LogP contribution in [0.1, 0.15) is 30.6 Å². The van der Waals surface area contributed by atoms with Gasteiger partial charge in [0.2, 0.25) is 0 Å². The molecule has 0 bridgehead atoms. The molecule has 2 atom stereocenters. The minimum absolute atomic E-state index is 0.0379. The van der Waals surface area contributed by atoms with Crippen LogP contribution in [0, 0.1) is 5.92 Å². The van der Waals surface area contributed by atoms with E-state index in [-0.39, 0.29) is 11.8 Å². The first-order valence-corrected chi connectivity index (χ1v) is 7.89. The SMILES string of the molecule is CCC(C)[C@H](NC(=O)c1ccc(N)cc1-c1ccc[nH]1)C(=O)OC. The first-order valence-electron chi connectivity index (χ1n) is 7.89. The second-order valence-corrected chi connectivity index (χ2v) is 5.75. The molecule has 0 fully saturated rings. The van der Waals surface area contributed by atoms with Crippen molar-refractivity contribution < 1.29 is 14.3 Å². The number of ether oxygens (including phenoxy) is 1. The monoisotopic (exact) mass is 329 g/mol. The Bertz CT molecular complexity index is 710. The summed E-state index contributed by atoms with van der Waals surface area (Å²) in [5, 5.41) is 2.79. The van der Waals surface area contributed by atoms with E-state index >= 15 is 0 Å². The van der Waals surface area contributed by atoms with E-state index in [2.05, 4.69) is 10.3 Å². The maximum absolute atomic E-state index is 12.7. The molecule has 4 N–H and O–H groups in total. The van der Waals surface area contributed by atoms with Gasteiger partial charge in [-0.25, -0.2) is 4.79 Å². The third-order valence-corrected chi connectivity index (χ3v) is 4.13. The fraction of sp³-hybridized carbons (Fsp3) is 0.333. The van der Waals surface area contributed by atoms with Crippen LogP contribution in [0.2, 0.25) is 0 Å². The average Bonchev–Trinajstić information content (AvgIpc) is 3.12. The van der Waals surface area contributed by atoms with E-state index in [1.807, 2.05) is 26.0 Å². The lowest BCUT2D eigenvalue weighted by Gasteiger charge is -2.22. The van der Waals surface area contributed by atoms with Crippen LogP contribution in [0.15, 0.2) is 36.5 Å². The maximum atomic E-state index is 12.7. The van der Waals surface area contributed by atoms with E-state index in [1.165, 1.54) is 7.11 Å². The molecule has 0 aliphatic rings. The Morgan fingerprint density at radius 2 is 2.08 bits per heavy atom. The number of aromatic amines is 1. The predicted octanol–water partition coefficient (Wildman–Crippen LogP) is 2.58. The molecular weight excluding hydrogens is 306 g/mol. The number of hydrogen-bond donors (Lipinski definition) is 3. The standard InChI is InChI=1S/C18H23N3O3/c1-4-11(2)16(18(23)24-3)21-17(22)13-8-7-12(19)10-14(13)15-6-5-9-20-15/h5-11,16,20H,4,19H2,1-3H3,(H,21,22)/t11?,16-/m0/s1. The number of carbonyl (C=O) groups excluding carboxylic acids is 2. The number of esters is 1. The molecule has 1 amide bonds. The molecule has 2 rings (SSSR count). The van der Waals surface area contributed by atoms with E-state index < -0.39 is 12.0 Å². The minimum atomic E-state index is -0.693. The normalized spacial score (nSPS) is 13.1. The second-order valence-electron chi connectivity index (χ2n) is 5.75. The van der Waals surface area contributed by atoms with Gasteiger partial charge in [0.15, 0.2) is 0 Å². The zero-order valence-corrected chi connectivity index (χ0v) is 14.1. The molecule has 128 valence electrons. The highest BCUT2D eigenvalue weighted by molar-refractivity contribution is 6.02. The molecule has 1 aromatic heterocycles. The van der Waals surface area contributed by atoms with Crippen LogP contribution in [-0.4, -0.2) is 30.0 Å². The molecule has 0 saturated carbocycles. The van der Waals surface area contributed by atoms with Gasteiger partial charge in [-0.15, -0.1) is 0 Å². The fourth-order valence-electron chi connectivity index (χ4n) is 2.50. The molecule has 6 nitrogen and oxygen atoms in total. The summed E-state index contributed by atoms with van der Waals surface area (Å²) in [7, 11) is 1.32. The molecule has 6 heteroatoms. The predicted molar refractivity (Wildman–Crippen MR) is 93.4 cm³/mol. The number of nitrogen functional groups attached to an aromatic ring is 1. The molecule has 0 spiro atoms. The zero-order valence-electron chi connectivity index (χ0n) is 14.1. The van der Waals surface area contributed by atoms with Crippen LogP contribution >= 0.6 is 0 Å². The summed E-state index contributed by atoms with van der Waals surface area (Å²) in [6.07, 6.45) is 2.52. The van der Waals surface area contributed by atoms with Crippen molar-refractivity contribution in [2.75, 3.05) is 12.8 Å². The molecule has 0 aliphatic carbocycles. The van der Waals surface area contributed by atoms with Crippen LogP contribution < -0.4 is 11.1 Å². The maximum Gasteiger partial charge on any atom is 0.328 e. The Kier molecular flexibility index (Phi) is 5.63. The van der Waals surface area contributed by atoms with Gasteiger partial charge in [0.25, 0.3) is 5.91 Å². The van der Waals surface area contributed by atoms with E-state index in [1.54, 1.807) is 24.4 Å². The van der Waals surface area contributed by atoms with Gasteiger partial charge in [0, 0.05) is 28.7 Å². The van der Waals surface area contributed by atoms with Gasteiger partial charge in [-0.2, -0.15) is 0 Å². The van der Waals surface area contributed by atoms with Crippen molar-refractivity contribution in [1.29, 1.82) is 0 Å². The highest BCUT2D eigenvalue weighted by atomic mass is 16.5. The molecule has 0 saturated heterocycles. The third-order valence-electron chi connectivity index (χ3n) is 4.13. The summed E-state index contributed by atoms with van der Waals surface area (Å²) in [5.41, 5.74) is 8.33. The number of methoxy groups -OCH3 is 1. The fourth-order valence-corrected chi connectivity index (χ4v) is 2.50. The number of amides is 1. The molecular formula is C18H23N3O3. The number of rotatable bonds is 6. The van der Waals surface area contributed by atoms with Crippen molar-refractivity contribution in [1.82, 2.24) is 10.3 Å². The first-order chi connectivity index (χ1) is 11.5. The zero-order chi connectivity index (χ0) is 17.7. The number of anilines is 1. The summed E-state index contributed by atoms with van der Waals surface area (Å²) in [4.78, 5) is 27.8. The van der Waals surface area contributed by atoms with Crippen LogP contribution in [-0.2, 0) is 9.53 Å². The molecule has 1 unspecified atom stereocenters. The molecule has 1 aromatic carbocycles. The van der Waals surface area contributed by atoms with Gasteiger partial charge < -0.3 is 20.8 Å². The van der Waals surface area contributed by atoms with Crippen LogP contribution in [0.5, 0.6) is 0 Å². The summed E-state index contributed by atoms with van der Waals surface area (Å²) < 4.78 is 4.81. The van der Waals surface area contributed by atoms with E-state index in [4.69, 9.17) is 10.5 Å². The van der Waals surface area contributed by atoms with Crippen LogP contribution in [0.25, 0.3) is 11.3 Å². The third kappa shape index (κ3) is 3.76. The number of hydrogen-bond acceptors (Lipinski definition) is 4. The summed E-state index contributed by atoms with van der Waals surface area (Å²) in [6, 6.07) is 8.07. The number of nitrogens with one attached hydrogen (secondary N) is 2. The van der Waals surface area contributed by atoms with Crippen molar-refractivity contribution >= 4 is 17.6 Å². The van der Waals surface area contributed by atoms with Crippen LogP contribution in [0.4, 0.5) is 5.69 Å². The van der Waals surface area contributed by atoms with Crippen molar-refractivity contribution in [2.45, 2.75) is 26.3 Å². The first kappa shape index (κ1) is 17.6. The summed E-state index contributed by atoms with van der Waals surface area (Å²) in [6.45, 7) is 3.86. The second kappa shape index (κ2) is 7.68. The Balaban J connectivity index is 2.34. The number of aromatic nitrogens is 1. The lowest BCUT2D eigenvalue weighted by Crippen LogP contribution is -2.45. The molecule has 2 aromatic rings. The highest BCUT2D eigenvalue weighted by Crippen LogP contribution is 2.25. The molecule has 0 radical (unpaired) electrons. The van der Waals surface area contributed by atoms with Crippen LogP contribution in [0.3, 0.4) is 0 Å². The Hall–Kier alpha value is -2.76. The number of nitrogens with two attached hydrogens (primary N) is 1. The lowest BCUT2D eigenvalue weighted by atomic mass is 9.97. The lowest BCUT2D eigenvalue weighted by molar-refractivity contribution is -0.144. The van der Waals surface area contributed by atoms with Gasteiger partial charge >= 0.3 is 5.97 Å². The van der Waals surface area contributed by atoms with Gasteiger partial charge in [0.1, 0.15) is 6.04 Å². The van der Waals surface area contributed by atoms with Gasteiger partial charge in [0.05, 0.1) is 7.11 Å². The largest absolute Gasteiger partial charge is 0.467 e. The van der Waals surface area contributed by atoms with Gasteiger partial charge in [-0.3, -0.25) is 4.79 Å². The number of benzene rings is 1. The van der Waals surface area contributed by atoms with Crippen molar-refractivity contribution in [2.24, 2.45) is 5.92 Å². The topological polar surface area (TPSA) is 97.2 Å². The Morgan fingerprint density at radius 1 is 1.33 bits per heavy atom. The molecule has 0 aliphatic heterocycles. The highest BCUT2D eigenvalue weighted by Gasteiger charge is 2.28. The number of carbonyl (C=O) groups is 2. The average molecular weight is 329 g/mol. The Labute approximate surface area is 141 Å². The quantitative estimate of drug-likeness (QED) is 0.560. The summed E-state index contributed by atoms with van der Waals surface area (Å²) >= 11 is 0. The van der Waals surface area contributed by atoms with Gasteiger partial charge in [-0.05, 0) is 36.2 Å². The van der Waals surface area contributed by atoms with E-state index in [0.29, 0.717) is 16.8 Å². The number of H-pyrrole nitrogens is 1. The smallest absolute Gasteiger partial charge is 0.328 e. The van der Waals surface area contributed by atoms with Crippen molar-refractivity contribution in [3.05, 3.63) is 42.1 Å².